The van der Waals surface area contributed by atoms with Gasteiger partial charge >= 0.3 is 0 Å². The van der Waals surface area contributed by atoms with Gasteiger partial charge < -0.3 is 24.8 Å². The van der Waals surface area contributed by atoms with E-state index in [4.69, 9.17) is 25.8 Å². The third-order valence-electron chi connectivity index (χ3n) is 11.6. The summed E-state index contributed by atoms with van der Waals surface area (Å²) >= 11 is 6.96. The average Bonchev–Trinajstić information content (AvgIpc) is 3.78. The van der Waals surface area contributed by atoms with Crippen molar-refractivity contribution in [2.75, 3.05) is 26.2 Å². The SMILES string of the molecule is Cc1c(OCCCN2CCCC2(C)C)cccc1-c1cccc2c1CC[C@@H]2Oc1cc(OCc2cc(C#N)cc(C#N)c2)c(CN[C@H]2CCC(=O)NC2)cc1Cl. The minimum absolute atomic E-state index is 0.0640. The number of carbonyl (C=O) groups is 1. The minimum Gasteiger partial charge on any atom is -0.493 e. The summed E-state index contributed by atoms with van der Waals surface area (Å²) in [4.78, 5) is 14.3. The number of rotatable bonds is 14. The third kappa shape index (κ3) is 8.98. The summed E-state index contributed by atoms with van der Waals surface area (Å²) in [6.07, 6.45) is 6.20. The van der Waals surface area contributed by atoms with Crippen molar-refractivity contribution in [2.24, 2.45) is 0 Å². The predicted molar refractivity (Wildman–Crippen MR) is 218 cm³/mol. The van der Waals surface area contributed by atoms with E-state index in [-0.39, 0.29) is 30.2 Å². The van der Waals surface area contributed by atoms with Crippen LogP contribution in [0.2, 0.25) is 5.02 Å². The Bertz CT molecular complexity index is 2130. The Morgan fingerprint density at radius 2 is 1.73 bits per heavy atom. The number of nitrogens with one attached hydrogen (secondary N) is 2. The number of piperidine rings is 1. The Morgan fingerprint density at radius 1 is 0.946 bits per heavy atom. The topological polar surface area (TPSA) is 120 Å². The quantitative estimate of drug-likeness (QED) is 0.122. The maximum absolute atomic E-state index is 11.7. The van der Waals surface area contributed by atoms with Crippen LogP contribution in [0, 0.1) is 29.6 Å². The molecule has 2 heterocycles. The van der Waals surface area contributed by atoms with Crippen molar-refractivity contribution in [3.8, 4) is 40.5 Å². The molecule has 1 amide bonds. The van der Waals surface area contributed by atoms with Gasteiger partial charge in [-0.25, -0.2) is 0 Å². The van der Waals surface area contributed by atoms with E-state index in [1.165, 1.54) is 36.1 Å². The zero-order valence-electron chi connectivity index (χ0n) is 32.6. The second-order valence-corrected chi connectivity index (χ2v) is 16.2. The molecule has 4 aromatic carbocycles. The summed E-state index contributed by atoms with van der Waals surface area (Å²) in [5, 5.41) is 26.0. The summed E-state index contributed by atoms with van der Waals surface area (Å²) in [5.74, 6) is 2.10. The fraction of sp³-hybridized carbons (Fsp3) is 0.413. The summed E-state index contributed by atoms with van der Waals surface area (Å²) in [6, 6.07) is 25.9. The van der Waals surface area contributed by atoms with E-state index in [1.54, 1.807) is 18.2 Å². The van der Waals surface area contributed by atoms with Gasteiger partial charge in [0.2, 0.25) is 5.91 Å². The molecular formula is C46H50ClN5O4. The molecule has 0 unspecified atom stereocenters. The lowest BCUT2D eigenvalue weighted by Crippen LogP contribution is -2.45. The molecule has 0 saturated carbocycles. The Morgan fingerprint density at radius 3 is 2.46 bits per heavy atom. The van der Waals surface area contributed by atoms with E-state index in [0.29, 0.717) is 59.3 Å². The van der Waals surface area contributed by atoms with Gasteiger partial charge in [0.05, 0.1) is 34.9 Å². The molecule has 2 aliphatic heterocycles. The summed E-state index contributed by atoms with van der Waals surface area (Å²) in [7, 11) is 0. The Labute approximate surface area is 335 Å². The first-order valence-electron chi connectivity index (χ1n) is 19.8. The van der Waals surface area contributed by atoms with Crippen LogP contribution in [0.3, 0.4) is 0 Å². The number of fused-ring (bicyclic) bond motifs is 1. The van der Waals surface area contributed by atoms with Gasteiger partial charge in [-0.2, -0.15) is 10.5 Å². The first-order chi connectivity index (χ1) is 27.1. The highest BCUT2D eigenvalue weighted by Crippen LogP contribution is 2.44. The molecule has 2 saturated heterocycles. The first-order valence-corrected chi connectivity index (χ1v) is 20.2. The highest BCUT2D eigenvalue weighted by molar-refractivity contribution is 6.32. The van der Waals surface area contributed by atoms with Gasteiger partial charge in [-0.3, -0.25) is 9.69 Å². The third-order valence-corrected chi connectivity index (χ3v) is 11.9. The van der Waals surface area contributed by atoms with E-state index in [2.05, 4.69) is 84.8 Å². The summed E-state index contributed by atoms with van der Waals surface area (Å²) < 4.78 is 19.5. The number of benzene rings is 4. The fourth-order valence-electron chi connectivity index (χ4n) is 8.39. The van der Waals surface area contributed by atoms with Crippen LogP contribution in [-0.2, 0) is 24.4 Å². The van der Waals surface area contributed by atoms with E-state index >= 15 is 0 Å². The highest BCUT2D eigenvalue weighted by Gasteiger charge is 2.31. The first kappa shape index (κ1) is 39.2. The minimum atomic E-state index is -0.204. The van der Waals surface area contributed by atoms with Gasteiger partial charge in [-0.1, -0.05) is 41.9 Å². The molecule has 0 bridgehead atoms. The lowest BCUT2D eigenvalue weighted by Gasteiger charge is -2.31. The Balaban J connectivity index is 1.08. The molecule has 3 aliphatic rings. The number of nitrogens with zero attached hydrogens (tertiary/aromatic N) is 3. The molecule has 0 aromatic heterocycles. The molecule has 10 heteroatoms. The van der Waals surface area contributed by atoms with Gasteiger partial charge in [0.25, 0.3) is 0 Å². The average molecular weight is 772 g/mol. The molecule has 0 spiro atoms. The van der Waals surface area contributed by atoms with Crippen molar-refractivity contribution in [1.29, 1.82) is 10.5 Å². The molecule has 2 atom stereocenters. The number of nitriles is 2. The van der Waals surface area contributed by atoms with E-state index in [0.717, 1.165) is 54.7 Å². The van der Waals surface area contributed by atoms with Crippen LogP contribution in [0.4, 0.5) is 0 Å². The zero-order chi connectivity index (χ0) is 39.2. The Hall–Kier alpha value is -5.06. The van der Waals surface area contributed by atoms with Crippen molar-refractivity contribution in [1.82, 2.24) is 15.5 Å². The largest absolute Gasteiger partial charge is 0.493 e. The van der Waals surface area contributed by atoms with Crippen LogP contribution in [-0.4, -0.2) is 48.6 Å². The smallest absolute Gasteiger partial charge is 0.220 e. The van der Waals surface area contributed by atoms with Gasteiger partial charge in [0, 0.05) is 49.3 Å². The molecule has 4 aromatic rings. The molecule has 290 valence electrons. The van der Waals surface area contributed by atoms with Crippen molar-refractivity contribution in [3.63, 3.8) is 0 Å². The lowest BCUT2D eigenvalue weighted by atomic mass is 9.93. The monoisotopic (exact) mass is 771 g/mol. The predicted octanol–water partition coefficient (Wildman–Crippen LogP) is 8.72. The highest BCUT2D eigenvalue weighted by atomic mass is 35.5. The van der Waals surface area contributed by atoms with Crippen LogP contribution in [0.5, 0.6) is 17.2 Å². The maximum Gasteiger partial charge on any atom is 0.220 e. The maximum atomic E-state index is 11.7. The summed E-state index contributed by atoms with van der Waals surface area (Å²) in [6.45, 7) is 10.9. The van der Waals surface area contributed by atoms with Crippen molar-refractivity contribution in [2.45, 2.75) is 96.6 Å². The van der Waals surface area contributed by atoms with Crippen LogP contribution in [0.25, 0.3) is 11.1 Å². The van der Waals surface area contributed by atoms with Crippen LogP contribution >= 0.6 is 11.6 Å². The van der Waals surface area contributed by atoms with Crippen LogP contribution in [0.1, 0.15) is 97.4 Å². The number of carbonyl (C=O) groups excluding carboxylic acids is 1. The Kier molecular flexibility index (Phi) is 12.2. The van der Waals surface area contributed by atoms with Gasteiger partial charge in [0.1, 0.15) is 30.0 Å². The number of ether oxygens (including phenoxy) is 3. The van der Waals surface area contributed by atoms with E-state index in [1.807, 2.05) is 12.1 Å². The molecule has 2 N–H and O–H groups in total. The molecule has 1 aliphatic carbocycles. The van der Waals surface area contributed by atoms with Crippen molar-refractivity contribution in [3.05, 3.63) is 111 Å². The molecular weight excluding hydrogens is 722 g/mol. The zero-order valence-corrected chi connectivity index (χ0v) is 33.3. The lowest BCUT2D eigenvalue weighted by molar-refractivity contribution is -0.122. The molecule has 9 nitrogen and oxygen atoms in total. The molecule has 0 radical (unpaired) electrons. The number of halogens is 1. The second kappa shape index (κ2) is 17.4. The van der Waals surface area contributed by atoms with Gasteiger partial charge in [-0.15, -0.1) is 0 Å². The van der Waals surface area contributed by atoms with Crippen molar-refractivity contribution < 1.29 is 19.0 Å². The number of hydrogen-bond acceptors (Lipinski definition) is 8. The molecule has 7 rings (SSSR count). The summed E-state index contributed by atoms with van der Waals surface area (Å²) in [5.41, 5.74) is 8.53. The number of hydrogen-bond donors (Lipinski definition) is 2. The fourth-order valence-corrected chi connectivity index (χ4v) is 8.62. The normalized spacial score (nSPS) is 18.8. The van der Waals surface area contributed by atoms with E-state index < -0.39 is 0 Å². The van der Waals surface area contributed by atoms with Crippen LogP contribution in [0.15, 0.2) is 66.7 Å². The van der Waals surface area contributed by atoms with Crippen LogP contribution < -0.4 is 24.8 Å². The standard InChI is InChI=1S/C46H50ClN5O4/c1-30-36(8-5-11-41(30)54-19-7-18-52-17-6-16-46(52,2)3)37-9-4-10-39-38(37)13-14-42(39)56-44-24-43(55-29-33-21-31(25-48)20-32(22-33)26-49)34(23-40(44)47)27-50-35-12-15-45(53)51-28-35/h4-5,8-11,20-24,35,42,50H,6-7,12-19,27-29H2,1-3H3,(H,51,53)/t35-,42-/m0/s1. The molecule has 2 fully saturated rings. The van der Waals surface area contributed by atoms with Gasteiger partial charge in [-0.05, 0) is 130 Å². The second-order valence-electron chi connectivity index (χ2n) is 15.8. The number of amides is 1. The van der Waals surface area contributed by atoms with E-state index in [9.17, 15) is 15.3 Å². The van der Waals surface area contributed by atoms with Gasteiger partial charge in [0.15, 0.2) is 0 Å². The van der Waals surface area contributed by atoms with Crippen molar-refractivity contribution >= 4 is 17.5 Å². The number of likely N-dealkylation sites (tertiary alicyclic amines) is 1. The molecule has 56 heavy (non-hydrogen) atoms.